The molecule has 1 saturated heterocycles. The van der Waals surface area contributed by atoms with Gasteiger partial charge in [-0.1, -0.05) is 0 Å². The Labute approximate surface area is 131 Å². The van der Waals surface area contributed by atoms with E-state index in [9.17, 15) is 4.79 Å². The third-order valence-corrected chi connectivity index (χ3v) is 9.57. The van der Waals surface area contributed by atoms with Gasteiger partial charge in [0.15, 0.2) is 0 Å². The fourth-order valence-electron chi connectivity index (χ4n) is 2.07. The molecular formula is C16H14O2Se2. The first kappa shape index (κ1) is 13.9. The first-order valence-corrected chi connectivity index (χ1v) is 9.82. The van der Waals surface area contributed by atoms with Crippen LogP contribution in [0.5, 0.6) is 0 Å². The van der Waals surface area contributed by atoms with Crippen LogP contribution in [-0.4, -0.2) is 42.5 Å². The van der Waals surface area contributed by atoms with Crippen LogP contribution in [0.3, 0.4) is 0 Å². The summed E-state index contributed by atoms with van der Waals surface area (Å²) >= 11 is 0.520. The van der Waals surface area contributed by atoms with E-state index in [0.717, 1.165) is 0 Å². The van der Waals surface area contributed by atoms with Gasteiger partial charge in [-0.25, -0.2) is 0 Å². The van der Waals surface area contributed by atoms with Gasteiger partial charge >= 0.3 is 131 Å². The Bertz CT molecular complexity index is 542. The standard InChI is InChI=1S/C16H14O2Se2/c17-15-11-16(12-18-15,19-13-7-3-1-4-8-13)20-14-9-5-2-6-10-14/h1-10H,11-12H2. The molecule has 1 aliphatic heterocycles. The predicted molar refractivity (Wildman–Crippen MR) is 81.9 cm³/mol. The van der Waals surface area contributed by atoms with Crippen molar-refractivity contribution in [2.24, 2.45) is 0 Å². The second kappa shape index (κ2) is 6.15. The molecule has 0 N–H and O–H groups in total. The van der Waals surface area contributed by atoms with E-state index in [2.05, 4.69) is 48.5 Å². The summed E-state index contributed by atoms with van der Waals surface area (Å²) < 4.78 is 8.02. The zero-order valence-corrected chi connectivity index (χ0v) is 14.2. The van der Waals surface area contributed by atoms with Crippen LogP contribution in [0.4, 0.5) is 0 Å². The SMILES string of the molecule is O=C1CC([Se]c2ccccc2)([Se]c2ccccc2)CO1. The Balaban J connectivity index is 1.84. The molecule has 2 aromatic rings. The van der Waals surface area contributed by atoms with Gasteiger partial charge in [-0.2, -0.15) is 0 Å². The zero-order valence-electron chi connectivity index (χ0n) is 10.8. The molecule has 2 aromatic carbocycles. The van der Waals surface area contributed by atoms with Crippen molar-refractivity contribution in [3.63, 3.8) is 0 Å². The van der Waals surface area contributed by atoms with Crippen molar-refractivity contribution in [2.75, 3.05) is 6.61 Å². The van der Waals surface area contributed by atoms with Crippen molar-refractivity contribution in [2.45, 2.75) is 9.63 Å². The quantitative estimate of drug-likeness (QED) is 0.572. The Morgan fingerprint density at radius 3 is 1.75 bits per heavy atom. The van der Waals surface area contributed by atoms with E-state index in [-0.39, 0.29) is 39.1 Å². The molecule has 20 heavy (non-hydrogen) atoms. The first-order valence-electron chi connectivity index (χ1n) is 6.40. The molecule has 0 saturated carbocycles. The molecule has 0 aliphatic carbocycles. The van der Waals surface area contributed by atoms with Gasteiger partial charge < -0.3 is 0 Å². The molecule has 0 aromatic heterocycles. The van der Waals surface area contributed by atoms with Crippen LogP contribution in [0.1, 0.15) is 6.42 Å². The molecule has 1 heterocycles. The molecule has 0 unspecified atom stereocenters. The summed E-state index contributed by atoms with van der Waals surface area (Å²) in [5.74, 6) is -0.0411. The van der Waals surface area contributed by atoms with Gasteiger partial charge in [0.2, 0.25) is 0 Å². The van der Waals surface area contributed by atoms with Gasteiger partial charge in [-0.3, -0.25) is 0 Å². The Kier molecular flexibility index (Phi) is 4.28. The van der Waals surface area contributed by atoms with E-state index in [1.54, 1.807) is 0 Å². The number of ether oxygens (including phenoxy) is 1. The molecule has 4 heteroatoms. The Morgan fingerprint density at radius 1 is 0.850 bits per heavy atom. The summed E-state index contributed by atoms with van der Waals surface area (Å²) in [4.78, 5) is 11.6. The molecule has 1 aliphatic rings. The molecule has 3 rings (SSSR count). The summed E-state index contributed by atoms with van der Waals surface area (Å²) in [5.41, 5.74) is 0. The summed E-state index contributed by atoms with van der Waals surface area (Å²) in [6, 6.07) is 21.0. The maximum atomic E-state index is 11.6. The van der Waals surface area contributed by atoms with Crippen LogP contribution in [0.15, 0.2) is 60.7 Å². The fourth-order valence-corrected chi connectivity index (χ4v) is 9.04. The number of rotatable bonds is 4. The molecule has 1 fully saturated rings. The van der Waals surface area contributed by atoms with Crippen LogP contribution in [0.2, 0.25) is 3.21 Å². The summed E-state index contributed by atoms with van der Waals surface area (Å²) in [6.45, 7) is 0.579. The first-order chi connectivity index (χ1) is 9.76. The van der Waals surface area contributed by atoms with Gasteiger partial charge in [-0.05, 0) is 0 Å². The Morgan fingerprint density at radius 2 is 1.35 bits per heavy atom. The number of hydrogen-bond donors (Lipinski definition) is 0. The van der Waals surface area contributed by atoms with Gasteiger partial charge in [0.1, 0.15) is 0 Å². The second-order valence-electron chi connectivity index (χ2n) is 4.58. The topological polar surface area (TPSA) is 26.3 Å². The molecular weight excluding hydrogens is 382 g/mol. The van der Waals surface area contributed by atoms with Gasteiger partial charge in [0.25, 0.3) is 0 Å². The number of cyclic esters (lactones) is 1. The fraction of sp³-hybridized carbons (Fsp3) is 0.188. The van der Waals surface area contributed by atoms with Crippen molar-refractivity contribution in [1.82, 2.24) is 0 Å². The molecule has 0 spiro atoms. The minimum absolute atomic E-state index is 0.0276. The normalized spacial score (nSPS) is 16.9. The van der Waals surface area contributed by atoms with E-state index < -0.39 is 0 Å². The molecule has 102 valence electrons. The number of hydrogen-bond acceptors (Lipinski definition) is 2. The van der Waals surface area contributed by atoms with Crippen LogP contribution < -0.4 is 8.92 Å². The molecule has 2 nitrogen and oxygen atoms in total. The molecule has 0 atom stereocenters. The molecule has 0 bridgehead atoms. The predicted octanol–water partition coefficient (Wildman–Crippen LogP) is 1.11. The van der Waals surface area contributed by atoms with Crippen LogP contribution in [-0.2, 0) is 9.53 Å². The van der Waals surface area contributed by atoms with Crippen LogP contribution in [0.25, 0.3) is 0 Å². The monoisotopic (exact) mass is 398 g/mol. The van der Waals surface area contributed by atoms with Crippen LogP contribution >= 0.6 is 0 Å². The van der Waals surface area contributed by atoms with Crippen molar-refractivity contribution >= 4 is 44.8 Å². The van der Waals surface area contributed by atoms with E-state index in [4.69, 9.17) is 4.74 Å². The average molecular weight is 396 g/mol. The van der Waals surface area contributed by atoms with E-state index in [1.807, 2.05) is 12.1 Å². The summed E-state index contributed by atoms with van der Waals surface area (Å²) in [5, 5.41) is 0. The molecule has 0 amide bonds. The van der Waals surface area contributed by atoms with Gasteiger partial charge in [-0.15, -0.1) is 0 Å². The Hall–Kier alpha value is -1.05. The zero-order chi connectivity index (χ0) is 13.8. The minimum atomic E-state index is -0.0411. The number of benzene rings is 2. The van der Waals surface area contributed by atoms with Crippen molar-refractivity contribution < 1.29 is 9.53 Å². The summed E-state index contributed by atoms with van der Waals surface area (Å²) in [7, 11) is 0. The maximum absolute atomic E-state index is 11.6. The van der Waals surface area contributed by atoms with E-state index >= 15 is 0 Å². The van der Waals surface area contributed by atoms with Crippen molar-refractivity contribution in [1.29, 1.82) is 0 Å². The molecule has 0 radical (unpaired) electrons. The third kappa shape index (κ3) is 3.34. The average Bonchev–Trinajstić information content (AvgIpc) is 2.82. The van der Waals surface area contributed by atoms with Crippen molar-refractivity contribution in [3.8, 4) is 0 Å². The van der Waals surface area contributed by atoms with E-state index in [0.29, 0.717) is 13.0 Å². The number of carbonyl (C=O) groups is 1. The third-order valence-electron chi connectivity index (χ3n) is 2.96. The van der Waals surface area contributed by atoms with Gasteiger partial charge in [0.05, 0.1) is 0 Å². The summed E-state index contributed by atoms with van der Waals surface area (Å²) in [6.07, 6.45) is 0.566. The van der Waals surface area contributed by atoms with Crippen LogP contribution in [0, 0.1) is 0 Å². The second-order valence-corrected chi connectivity index (χ2v) is 12.0. The van der Waals surface area contributed by atoms with Crippen molar-refractivity contribution in [3.05, 3.63) is 60.7 Å². The van der Waals surface area contributed by atoms with E-state index in [1.165, 1.54) is 8.92 Å². The number of carbonyl (C=O) groups excluding carboxylic acids is 1. The van der Waals surface area contributed by atoms with Gasteiger partial charge in [0, 0.05) is 0 Å². The number of esters is 1.